The molecule has 2 heteroatoms. The normalized spacial score (nSPS) is 16.3. The van der Waals surface area contributed by atoms with E-state index in [-0.39, 0.29) is 6.04 Å². The van der Waals surface area contributed by atoms with E-state index in [0.29, 0.717) is 5.92 Å². The monoisotopic (exact) mass is 281 g/mol. The first-order valence-electron chi connectivity index (χ1n) is 7.69. The average Bonchev–Trinajstić information content (AvgIpc) is 2.45. The van der Waals surface area contributed by atoms with Gasteiger partial charge in [0, 0.05) is 0 Å². The first kappa shape index (κ1) is 14.2. The molecule has 0 saturated heterocycles. The zero-order valence-electron chi connectivity index (χ0n) is 12.8. The Bertz CT molecular complexity index is 631. The summed E-state index contributed by atoms with van der Waals surface area (Å²) in [5.41, 5.74) is 11.5. The van der Waals surface area contributed by atoms with Gasteiger partial charge in [-0.25, -0.2) is 0 Å². The van der Waals surface area contributed by atoms with Gasteiger partial charge in [-0.15, -0.1) is 0 Å². The van der Waals surface area contributed by atoms with Crippen molar-refractivity contribution < 1.29 is 4.74 Å². The van der Waals surface area contributed by atoms with E-state index in [0.717, 1.165) is 16.9 Å². The Morgan fingerprint density at radius 3 is 2.52 bits per heavy atom. The van der Waals surface area contributed by atoms with Crippen molar-refractivity contribution in [3.8, 4) is 5.75 Å². The van der Waals surface area contributed by atoms with Crippen molar-refractivity contribution in [3.05, 3.63) is 64.7 Å². The molecule has 0 radical (unpaired) electrons. The van der Waals surface area contributed by atoms with E-state index in [9.17, 15) is 0 Å². The molecule has 1 atom stereocenters. The van der Waals surface area contributed by atoms with E-state index in [1.165, 1.54) is 30.4 Å². The fraction of sp³-hybridized carbons (Fsp3) is 0.368. The number of rotatable bonds is 4. The summed E-state index contributed by atoms with van der Waals surface area (Å²) < 4.78 is 5.33. The lowest BCUT2D eigenvalue weighted by Gasteiger charge is -2.29. The van der Waals surface area contributed by atoms with E-state index >= 15 is 0 Å². The van der Waals surface area contributed by atoms with Gasteiger partial charge in [0.05, 0.1) is 13.2 Å². The molecule has 2 N–H and O–H groups in total. The number of nitrogens with two attached hydrogens (primary N) is 1. The first-order valence-corrected chi connectivity index (χ1v) is 7.69. The summed E-state index contributed by atoms with van der Waals surface area (Å²) >= 11 is 0. The molecule has 3 rings (SSSR count). The molecule has 2 aromatic rings. The van der Waals surface area contributed by atoms with Crippen LogP contribution in [0.4, 0.5) is 0 Å². The molecule has 0 bridgehead atoms. The second kappa shape index (κ2) is 5.90. The second-order valence-electron chi connectivity index (χ2n) is 5.96. The second-order valence-corrected chi connectivity index (χ2v) is 5.96. The van der Waals surface area contributed by atoms with Gasteiger partial charge in [-0.05, 0) is 54.0 Å². The molecule has 2 nitrogen and oxygen atoms in total. The summed E-state index contributed by atoms with van der Waals surface area (Å²) in [4.78, 5) is 0. The Labute approximate surface area is 126 Å². The highest BCUT2D eigenvalue weighted by molar-refractivity contribution is 5.43. The maximum atomic E-state index is 6.55. The van der Waals surface area contributed by atoms with E-state index in [1.54, 1.807) is 7.11 Å². The van der Waals surface area contributed by atoms with E-state index in [2.05, 4.69) is 43.3 Å². The molecule has 1 aliphatic rings. The Morgan fingerprint density at radius 1 is 1.14 bits per heavy atom. The maximum Gasteiger partial charge on any atom is 0.121 e. The number of methoxy groups -OCH3 is 1. The smallest absolute Gasteiger partial charge is 0.121 e. The van der Waals surface area contributed by atoms with Gasteiger partial charge in [0.2, 0.25) is 0 Å². The predicted octanol–water partition coefficient (Wildman–Crippen LogP) is 4.32. The highest BCUT2D eigenvalue weighted by Gasteiger charge is 2.24. The van der Waals surface area contributed by atoms with Crippen molar-refractivity contribution in [1.29, 1.82) is 0 Å². The maximum absolute atomic E-state index is 6.55. The minimum Gasteiger partial charge on any atom is -0.496 e. The largest absolute Gasteiger partial charge is 0.496 e. The summed E-state index contributed by atoms with van der Waals surface area (Å²) in [7, 11) is 1.70. The highest BCUT2D eigenvalue weighted by atomic mass is 16.5. The molecule has 0 heterocycles. The lowest BCUT2D eigenvalue weighted by Crippen LogP contribution is -2.18. The molecule has 0 spiro atoms. The SMILES string of the molecule is COc1ccc(C(N)c2ccccc2C2CCC2)cc1C. The number of benzene rings is 2. The van der Waals surface area contributed by atoms with Gasteiger partial charge in [-0.1, -0.05) is 42.8 Å². The Morgan fingerprint density at radius 2 is 1.90 bits per heavy atom. The summed E-state index contributed by atoms with van der Waals surface area (Å²) in [5, 5.41) is 0. The van der Waals surface area contributed by atoms with Gasteiger partial charge in [-0.3, -0.25) is 0 Å². The minimum absolute atomic E-state index is 0.0635. The fourth-order valence-corrected chi connectivity index (χ4v) is 3.16. The van der Waals surface area contributed by atoms with Crippen molar-refractivity contribution in [2.24, 2.45) is 5.73 Å². The number of ether oxygens (including phenoxy) is 1. The third-order valence-corrected chi connectivity index (χ3v) is 4.65. The zero-order valence-corrected chi connectivity index (χ0v) is 12.8. The number of hydrogen-bond donors (Lipinski definition) is 1. The van der Waals surface area contributed by atoms with Gasteiger partial charge in [0.15, 0.2) is 0 Å². The Balaban J connectivity index is 1.94. The predicted molar refractivity (Wildman–Crippen MR) is 86.8 cm³/mol. The summed E-state index contributed by atoms with van der Waals surface area (Å²) in [6.45, 7) is 2.06. The third-order valence-electron chi connectivity index (χ3n) is 4.65. The lowest BCUT2D eigenvalue weighted by atomic mass is 9.76. The molecule has 0 amide bonds. The van der Waals surface area contributed by atoms with Crippen LogP contribution < -0.4 is 10.5 Å². The molecule has 110 valence electrons. The van der Waals surface area contributed by atoms with E-state index in [1.807, 2.05) is 6.07 Å². The van der Waals surface area contributed by atoms with Crippen LogP contribution in [0.2, 0.25) is 0 Å². The molecule has 0 aromatic heterocycles. The van der Waals surface area contributed by atoms with Crippen molar-refractivity contribution in [1.82, 2.24) is 0 Å². The van der Waals surface area contributed by atoms with Crippen molar-refractivity contribution in [2.75, 3.05) is 7.11 Å². The molecule has 1 saturated carbocycles. The molecule has 1 unspecified atom stereocenters. The summed E-state index contributed by atoms with van der Waals surface area (Å²) in [6, 6.07) is 14.8. The fourth-order valence-electron chi connectivity index (χ4n) is 3.16. The van der Waals surface area contributed by atoms with Crippen molar-refractivity contribution in [2.45, 2.75) is 38.1 Å². The number of aryl methyl sites for hydroxylation is 1. The third kappa shape index (κ3) is 2.68. The van der Waals surface area contributed by atoms with E-state index in [4.69, 9.17) is 10.5 Å². The minimum atomic E-state index is -0.0635. The van der Waals surface area contributed by atoms with Gasteiger partial charge in [-0.2, -0.15) is 0 Å². The van der Waals surface area contributed by atoms with Crippen LogP contribution in [0, 0.1) is 6.92 Å². The van der Waals surface area contributed by atoms with Crippen molar-refractivity contribution in [3.63, 3.8) is 0 Å². The number of hydrogen-bond acceptors (Lipinski definition) is 2. The molecule has 2 aromatic carbocycles. The standard InChI is InChI=1S/C19H23NO/c1-13-12-15(10-11-18(13)21-2)19(20)17-9-4-3-8-16(17)14-6-5-7-14/h3-4,8-12,14,19H,5-7,20H2,1-2H3. The highest BCUT2D eigenvalue weighted by Crippen LogP contribution is 2.40. The molecular formula is C19H23NO. The van der Waals surface area contributed by atoms with Crippen LogP contribution in [0.15, 0.2) is 42.5 Å². The van der Waals surface area contributed by atoms with E-state index < -0.39 is 0 Å². The Kier molecular flexibility index (Phi) is 3.98. The average molecular weight is 281 g/mol. The van der Waals surface area contributed by atoms with Gasteiger partial charge in [0.25, 0.3) is 0 Å². The Hall–Kier alpha value is -1.80. The van der Waals surface area contributed by atoms with Crippen LogP contribution in [0.1, 0.15) is 53.5 Å². The zero-order chi connectivity index (χ0) is 14.8. The molecule has 21 heavy (non-hydrogen) atoms. The lowest BCUT2D eigenvalue weighted by molar-refractivity contribution is 0.411. The van der Waals surface area contributed by atoms with Gasteiger partial charge in [0.1, 0.15) is 5.75 Å². The van der Waals surface area contributed by atoms with Crippen LogP contribution in [0.25, 0.3) is 0 Å². The summed E-state index contributed by atoms with van der Waals surface area (Å²) in [6.07, 6.45) is 3.94. The van der Waals surface area contributed by atoms with Gasteiger partial charge < -0.3 is 10.5 Å². The van der Waals surface area contributed by atoms with Crippen LogP contribution >= 0.6 is 0 Å². The van der Waals surface area contributed by atoms with Crippen LogP contribution in [-0.4, -0.2) is 7.11 Å². The van der Waals surface area contributed by atoms with Crippen LogP contribution in [0.3, 0.4) is 0 Å². The molecule has 0 aliphatic heterocycles. The van der Waals surface area contributed by atoms with Gasteiger partial charge >= 0.3 is 0 Å². The molecular weight excluding hydrogens is 258 g/mol. The van der Waals surface area contributed by atoms with Crippen LogP contribution in [0.5, 0.6) is 5.75 Å². The first-order chi connectivity index (χ1) is 10.2. The summed E-state index contributed by atoms with van der Waals surface area (Å²) in [5.74, 6) is 1.62. The van der Waals surface area contributed by atoms with Crippen molar-refractivity contribution >= 4 is 0 Å². The topological polar surface area (TPSA) is 35.2 Å². The molecule has 1 aliphatic carbocycles. The quantitative estimate of drug-likeness (QED) is 0.906. The van der Waals surface area contributed by atoms with Crippen LogP contribution in [-0.2, 0) is 0 Å². The molecule has 1 fully saturated rings.